The van der Waals surface area contributed by atoms with Crippen molar-refractivity contribution >= 4 is 33.5 Å². The molecule has 6 nitrogen and oxygen atoms in total. The van der Waals surface area contributed by atoms with Crippen molar-refractivity contribution in [2.24, 2.45) is 0 Å². The topological polar surface area (TPSA) is 80.3 Å². The number of nitrogens with zero attached hydrogens (tertiary/aromatic N) is 1. The van der Waals surface area contributed by atoms with Gasteiger partial charge in [-0.1, -0.05) is 25.5 Å². The minimum absolute atomic E-state index is 0.221. The lowest BCUT2D eigenvalue weighted by atomic mass is 10.2. The van der Waals surface area contributed by atoms with E-state index in [0.717, 1.165) is 33.6 Å². The van der Waals surface area contributed by atoms with E-state index in [2.05, 4.69) is 15.6 Å². The van der Waals surface area contributed by atoms with Crippen LogP contribution in [0.25, 0.3) is 20.8 Å². The molecule has 0 aliphatic rings. The predicted octanol–water partition coefficient (Wildman–Crippen LogP) is 3.97. The Balaban J connectivity index is 1.52. The molecule has 0 spiro atoms. The highest BCUT2D eigenvalue weighted by Crippen LogP contribution is 2.30. The van der Waals surface area contributed by atoms with E-state index in [1.165, 1.54) is 0 Å². The largest absolute Gasteiger partial charge is 0.484 e. The van der Waals surface area contributed by atoms with Crippen LogP contribution in [0.2, 0.25) is 0 Å². The third-order valence-corrected chi connectivity index (χ3v) is 4.92. The number of carbonyl (C=O) groups is 2. The maximum Gasteiger partial charge on any atom is 0.321 e. The molecule has 140 valence electrons. The number of aromatic nitrogens is 1. The highest BCUT2D eigenvalue weighted by atomic mass is 32.1. The number of hydrogen-bond acceptors (Lipinski definition) is 5. The van der Waals surface area contributed by atoms with Crippen LogP contribution < -0.4 is 15.4 Å². The number of carbonyl (C=O) groups excluding carboxylic acids is 2. The molecule has 3 amide bonds. The summed E-state index contributed by atoms with van der Waals surface area (Å²) in [6.07, 6.45) is 1.85. The summed E-state index contributed by atoms with van der Waals surface area (Å²) >= 11 is 1.63. The molecule has 27 heavy (non-hydrogen) atoms. The van der Waals surface area contributed by atoms with Crippen molar-refractivity contribution in [2.75, 3.05) is 13.2 Å². The molecule has 0 saturated heterocycles. The van der Waals surface area contributed by atoms with Gasteiger partial charge in [-0.3, -0.25) is 10.1 Å². The number of nitrogens with one attached hydrogen (secondary N) is 2. The zero-order valence-electron chi connectivity index (χ0n) is 15.0. The monoisotopic (exact) mass is 383 g/mol. The number of ether oxygens (including phenoxy) is 1. The number of urea groups is 1. The maximum absolute atomic E-state index is 11.7. The quantitative estimate of drug-likeness (QED) is 0.605. The Bertz CT molecular complexity index is 889. The Morgan fingerprint density at radius 2 is 1.89 bits per heavy atom. The highest BCUT2D eigenvalue weighted by molar-refractivity contribution is 7.21. The number of fused-ring (bicyclic) bond motifs is 1. The molecule has 3 aromatic rings. The molecule has 2 N–H and O–H groups in total. The van der Waals surface area contributed by atoms with E-state index in [0.29, 0.717) is 12.3 Å². The van der Waals surface area contributed by atoms with Gasteiger partial charge in [-0.05, 0) is 42.8 Å². The Morgan fingerprint density at radius 3 is 2.63 bits per heavy atom. The lowest BCUT2D eigenvalue weighted by molar-refractivity contribution is -0.122. The van der Waals surface area contributed by atoms with Crippen LogP contribution >= 0.6 is 11.3 Å². The van der Waals surface area contributed by atoms with Crippen LogP contribution in [0.5, 0.6) is 5.75 Å². The summed E-state index contributed by atoms with van der Waals surface area (Å²) < 4.78 is 6.58. The number of thiazole rings is 1. The van der Waals surface area contributed by atoms with Crippen LogP contribution in [0, 0.1) is 0 Å². The molecule has 3 rings (SSSR count). The normalized spacial score (nSPS) is 10.6. The van der Waals surface area contributed by atoms with E-state index in [9.17, 15) is 9.59 Å². The van der Waals surface area contributed by atoms with Crippen molar-refractivity contribution in [1.82, 2.24) is 15.6 Å². The number of hydrogen-bond donors (Lipinski definition) is 2. The van der Waals surface area contributed by atoms with E-state index in [1.807, 2.05) is 43.3 Å². The zero-order chi connectivity index (χ0) is 19.1. The van der Waals surface area contributed by atoms with Crippen molar-refractivity contribution in [3.8, 4) is 16.3 Å². The number of unbranched alkanes of at least 4 members (excludes halogenated alkanes) is 1. The SMILES string of the molecule is CCCCNC(=O)NC(=O)COc1ccc(-c2nc3ccccc3s2)cc1. The molecule has 0 saturated carbocycles. The summed E-state index contributed by atoms with van der Waals surface area (Å²) in [7, 11) is 0. The third-order valence-electron chi connectivity index (χ3n) is 3.83. The average Bonchev–Trinajstić information content (AvgIpc) is 3.11. The van der Waals surface area contributed by atoms with Gasteiger partial charge in [-0.15, -0.1) is 11.3 Å². The van der Waals surface area contributed by atoms with E-state index in [-0.39, 0.29) is 6.61 Å². The van der Waals surface area contributed by atoms with Crippen LogP contribution in [0.4, 0.5) is 4.79 Å². The van der Waals surface area contributed by atoms with Gasteiger partial charge < -0.3 is 10.1 Å². The predicted molar refractivity (Wildman–Crippen MR) is 107 cm³/mol. The van der Waals surface area contributed by atoms with Crippen molar-refractivity contribution in [3.05, 3.63) is 48.5 Å². The molecular formula is C20H21N3O3S. The first kappa shape index (κ1) is 18.8. The molecule has 0 aliphatic carbocycles. The molecule has 1 heterocycles. The first-order chi connectivity index (χ1) is 13.2. The van der Waals surface area contributed by atoms with Gasteiger partial charge in [-0.25, -0.2) is 9.78 Å². The number of rotatable bonds is 7. The highest BCUT2D eigenvalue weighted by Gasteiger charge is 2.09. The average molecular weight is 383 g/mol. The maximum atomic E-state index is 11.7. The second kappa shape index (κ2) is 9.14. The fraction of sp³-hybridized carbons (Fsp3) is 0.250. The van der Waals surface area contributed by atoms with Gasteiger partial charge in [0.2, 0.25) is 0 Å². The smallest absolute Gasteiger partial charge is 0.321 e. The first-order valence-corrected chi connectivity index (χ1v) is 9.64. The van der Waals surface area contributed by atoms with Crippen LogP contribution in [0.3, 0.4) is 0 Å². The number of amides is 3. The van der Waals surface area contributed by atoms with E-state index in [4.69, 9.17) is 4.74 Å². The minimum atomic E-state index is -0.497. The van der Waals surface area contributed by atoms with Crippen LogP contribution in [0.15, 0.2) is 48.5 Å². The fourth-order valence-corrected chi connectivity index (χ4v) is 3.39. The molecule has 0 unspecified atom stereocenters. The van der Waals surface area contributed by atoms with E-state index >= 15 is 0 Å². The van der Waals surface area contributed by atoms with Crippen LogP contribution in [0.1, 0.15) is 19.8 Å². The second-order valence-corrected chi connectivity index (χ2v) is 6.99. The zero-order valence-corrected chi connectivity index (χ0v) is 15.8. The lowest BCUT2D eigenvalue weighted by Gasteiger charge is -2.08. The second-order valence-electron chi connectivity index (χ2n) is 5.96. The minimum Gasteiger partial charge on any atom is -0.484 e. The summed E-state index contributed by atoms with van der Waals surface area (Å²) in [5.41, 5.74) is 1.97. The van der Waals surface area contributed by atoms with Gasteiger partial charge >= 0.3 is 6.03 Å². The summed E-state index contributed by atoms with van der Waals surface area (Å²) in [6, 6.07) is 14.9. The van der Waals surface area contributed by atoms with Gasteiger partial charge in [0.05, 0.1) is 10.2 Å². The van der Waals surface area contributed by atoms with Crippen LogP contribution in [-0.2, 0) is 4.79 Å². The molecule has 0 fully saturated rings. The Kier molecular flexibility index (Phi) is 6.38. The molecule has 1 aromatic heterocycles. The molecule has 0 bridgehead atoms. The van der Waals surface area contributed by atoms with Crippen LogP contribution in [-0.4, -0.2) is 30.1 Å². The van der Waals surface area contributed by atoms with Gasteiger partial charge in [0.25, 0.3) is 5.91 Å². The standard InChI is InChI=1S/C20H21N3O3S/c1-2-3-12-21-20(25)23-18(24)13-26-15-10-8-14(9-11-15)19-22-16-6-4-5-7-17(16)27-19/h4-11H,2-3,12-13H2,1H3,(H2,21,23,24,25). The number of imide groups is 1. The molecule has 7 heteroatoms. The Morgan fingerprint density at radius 1 is 1.11 bits per heavy atom. The van der Waals surface area contributed by atoms with E-state index in [1.54, 1.807) is 23.5 Å². The molecule has 0 atom stereocenters. The van der Waals surface area contributed by atoms with Gasteiger partial charge in [0.15, 0.2) is 6.61 Å². The third kappa shape index (κ3) is 5.27. The lowest BCUT2D eigenvalue weighted by Crippen LogP contribution is -2.41. The van der Waals surface area contributed by atoms with Gasteiger partial charge in [-0.2, -0.15) is 0 Å². The molecule has 0 radical (unpaired) electrons. The fourth-order valence-electron chi connectivity index (χ4n) is 2.42. The number of para-hydroxylation sites is 1. The summed E-state index contributed by atoms with van der Waals surface area (Å²) in [5.74, 6) is 0.0700. The first-order valence-electron chi connectivity index (χ1n) is 8.82. The molecule has 2 aromatic carbocycles. The summed E-state index contributed by atoms with van der Waals surface area (Å²) in [6.45, 7) is 2.35. The van der Waals surface area contributed by atoms with Gasteiger partial charge in [0.1, 0.15) is 10.8 Å². The number of benzene rings is 2. The summed E-state index contributed by atoms with van der Waals surface area (Å²) in [5, 5.41) is 5.79. The Hall–Kier alpha value is -2.93. The van der Waals surface area contributed by atoms with Gasteiger partial charge in [0, 0.05) is 12.1 Å². The van der Waals surface area contributed by atoms with Crippen molar-refractivity contribution in [3.63, 3.8) is 0 Å². The molecular weight excluding hydrogens is 362 g/mol. The van der Waals surface area contributed by atoms with Crippen molar-refractivity contribution < 1.29 is 14.3 Å². The van der Waals surface area contributed by atoms with Crippen molar-refractivity contribution in [2.45, 2.75) is 19.8 Å². The Labute approximate surface area is 161 Å². The summed E-state index contributed by atoms with van der Waals surface area (Å²) in [4.78, 5) is 27.9. The van der Waals surface area contributed by atoms with E-state index < -0.39 is 11.9 Å². The van der Waals surface area contributed by atoms with Crippen molar-refractivity contribution in [1.29, 1.82) is 0 Å². The molecule has 0 aliphatic heterocycles.